The van der Waals surface area contributed by atoms with Gasteiger partial charge >= 0.3 is 5.97 Å². The number of rotatable bonds is 7. The van der Waals surface area contributed by atoms with Gasteiger partial charge in [-0.25, -0.2) is 4.79 Å². The lowest BCUT2D eigenvalue weighted by Crippen LogP contribution is -2.34. The van der Waals surface area contributed by atoms with Crippen LogP contribution in [0.25, 0.3) is 0 Å². The lowest BCUT2D eigenvalue weighted by atomic mass is 9.88. The highest BCUT2D eigenvalue weighted by Crippen LogP contribution is 2.29. The number of nitrogens with zero attached hydrogens (tertiary/aromatic N) is 1. The van der Waals surface area contributed by atoms with Crippen molar-refractivity contribution in [3.8, 4) is 5.75 Å². The van der Waals surface area contributed by atoms with Gasteiger partial charge in [0.2, 0.25) is 5.91 Å². The van der Waals surface area contributed by atoms with Crippen LogP contribution in [0, 0.1) is 0 Å². The lowest BCUT2D eigenvalue weighted by Gasteiger charge is -2.26. The highest BCUT2D eigenvalue weighted by molar-refractivity contribution is 5.95. The Bertz CT molecular complexity index is 957. The number of amides is 2. The van der Waals surface area contributed by atoms with E-state index in [2.05, 4.69) is 11.4 Å². The van der Waals surface area contributed by atoms with Gasteiger partial charge in [-0.15, -0.1) is 0 Å². The predicted octanol–water partition coefficient (Wildman–Crippen LogP) is 2.93. The molecule has 2 aromatic carbocycles. The van der Waals surface area contributed by atoms with Gasteiger partial charge in [0, 0.05) is 18.7 Å². The maximum absolute atomic E-state index is 12.2. The van der Waals surface area contributed by atoms with Crippen molar-refractivity contribution in [2.45, 2.75) is 38.1 Å². The van der Waals surface area contributed by atoms with E-state index >= 15 is 0 Å². The van der Waals surface area contributed by atoms with Gasteiger partial charge in [-0.3, -0.25) is 9.59 Å². The molecule has 2 aromatic rings. The SMILES string of the molecule is O=C(COC(=O)COc1ccc(N2CCCC2=O)cc1)NC1CCCc2ccccc21. The second-order valence-electron chi connectivity index (χ2n) is 7.80. The third-order valence-corrected chi connectivity index (χ3v) is 5.65. The number of carbonyl (C=O) groups is 3. The molecule has 2 amide bonds. The maximum atomic E-state index is 12.2. The second kappa shape index (κ2) is 9.64. The van der Waals surface area contributed by atoms with E-state index in [0.717, 1.165) is 43.5 Å². The quantitative estimate of drug-likeness (QED) is 0.694. The minimum absolute atomic E-state index is 0.0478. The highest BCUT2D eigenvalue weighted by Gasteiger charge is 2.22. The summed E-state index contributed by atoms with van der Waals surface area (Å²) in [5, 5.41) is 2.95. The first kappa shape index (κ1) is 20.9. The summed E-state index contributed by atoms with van der Waals surface area (Å²) < 4.78 is 10.5. The van der Waals surface area contributed by atoms with Crippen LogP contribution in [0.4, 0.5) is 5.69 Å². The van der Waals surface area contributed by atoms with Crippen LogP contribution in [0.15, 0.2) is 48.5 Å². The Morgan fingerprint density at radius 3 is 2.58 bits per heavy atom. The highest BCUT2D eigenvalue weighted by atomic mass is 16.6. The van der Waals surface area contributed by atoms with E-state index in [1.165, 1.54) is 5.56 Å². The van der Waals surface area contributed by atoms with E-state index in [-0.39, 0.29) is 31.1 Å². The summed E-state index contributed by atoms with van der Waals surface area (Å²) in [6, 6.07) is 15.0. The van der Waals surface area contributed by atoms with Crippen LogP contribution in [0.1, 0.15) is 42.9 Å². The van der Waals surface area contributed by atoms with Crippen molar-refractivity contribution in [3.05, 3.63) is 59.7 Å². The Kier molecular flexibility index (Phi) is 6.50. The third kappa shape index (κ3) is 5.23. The van der Waals surface area contributed by atoms with Crippen LogP contribution in [0.5, 0.6) is 5.75 Å². The molecule has 0 saturated carbocycles. The molecule has 31 heavy (non-hydrogen) atoms. The van der Waals surface area contributed by atoms with Crippen molar-refractivity contribution in [1.29, 1.82) is 0 Å². The molecule has 162 valence electrons. The molecular weight excluding hydrogens is 396 g/mol. The minimum atomic E-state index is -0.613. The fraction of sp³-hybridized carbons (Fsp3) is 0.375. The summed E-state index contributed by atoms with van der Waals surface area (Å²) in [6.07, 6.45) is 4.35. The number of esters is 1. The van der Waals surface area contributed by atoms with Crippen LogP contribution < -0.4 is 15.0 Å². The first-order chi connectivity index (χ1) is 15.1. The minimum Gasteiger partial charge on any atom is -0.482 e. The molecule has 4 rings (SSSR count). The first-order valence-corrected chi connectivity index (χ1v) is 10.7. The van der Waals surface area contributed by atoms with Crippen molar-refractivity contribution in [1.82, 2.24) is 5.32 Å². The summed E-state index contributed by atoms with van der Waals surface area (Å²) in [4.78, 5) is 37.7. The number of ether oxygens (including phenoxy) is 2. The molecular formula is C24H26N2O5. The number of nitrogens with one attached hydrogen (secondary N) is 1. The topological polar surface area (TPSA) is 84.9 Å². The molecule has 1 fully saturated rings. The molecule has 1 aliphatic heterocycles. The predicted molar refractivity (Wildman–Crippen MR) is 115 cm³/mol. The van der Waals surface area contributed by atoms with E-state index in [4.69, 9.17) is 9.47 Å². The third-order valence-electron chi connectivity index (χ3n) is 5.65. The maximum Gasteiger partial charge on any atom is 0.344 e. The van der Waals surface area contributed by atoms with Gasteiger partial charge in [0.1, 0.15) is 5.75 Å². The molecule has 0 aromatic heterocycles. The fourth-order valence-electron chi connectivity index (χ4n) is 4.11. The van der Waals surface area contributed by atoms with Crippen LogP contribution in [-0.4, -0.2) is 37.5 Å². The van der Waals surface area contributed by atoms with Crippen LogP contribution in [0.2, 0.25) is 0 Å². The molecule has 2 aliphatic rings. The number of carbonyl (C=O) groups excluding carboxylic acids is 3. The zero-order valence-electron chi connectivity index (χ0n) is 17.3. The lowest BCUT2D eigenvalue weighted by molar-refractivity contribution is -0.150. The van der Waals surface area contributed by atoms with Gasteiger partial charge in [0.25, 0.3) is 5.91 Å². The Morgan fingerprint density at radius 1 is 1.00 bits per heavy atom. The number of aryl methyl sites for hydroxylation is 1. The summed E-state index contributed by atoms with van der Waals surface area (Å²) >= 11 is 0. The summed E-state index contributed by atoms with van der Waals surface area (Å²) in [5.41, 5.74) is 3.21. The molecule has 1 aliphatic carbocycles. The smallest absolute Gasteiger partial charge is 0.344 e. The average molecular weight is 422 g/mol. The van der Waals surface area contributed by atoms with E-state index < -0.39 is 5.97 Å². The van der Waals surface area contributed by atoms with E-state index in [9.17, 15) is 14.4 Å². The van der Waals surface area contributed by atoms with Crippen molar-refractivity contribution in [2.75, 3.05) is 24.7 Å². The van der Waals surface area contributed by atoms with Crippen molar-refractivity contribution in [3.63, 3.8) is 0 Å². The molecule has 7 heteroatoms. The van der Waals surface area contributed by atoms with E-state index in [1.54, 1.807) is 29.2 Å². The molecule has 7 nitrogen and oxygen atoms in total. The molecule has 1 heterocycles. The van der Waals surface area contributed by atoms with Crippen LogP contribution in [0.3, 0.4) is 0 Å². The Labute approximate surface area is 181 Å². The molecule has 1 unspecified atom stereocenters. The summed E-state index contributed by atoms with van der Waals surface area (Å²) in [6.45, 7) is 0.0955. The molecule has 0 spiro atoms. The molecule has 1 saturated heterocycles. The van der Waals surface area contributed by atoms with Gasteiger partial charge in [0.15, 0.2) is 13.2 Å². The zero-order chi connectivity index (χ0) is 21.6. The van der Waals surface area contributed by atoms with Crippen LogP contribution in [-0.2, 0) is 25.5 Å². The monoisotopic (exact) mass is 422 g/mol. The van der Waals surface area contributed by atoms with E-state index in [0.29, 0.717) is 12.2 Å². The van der Waals surface area contributed by atoms with E-state index in [1.807, 2.05) is 18.2 Å². The molecule has 1 N–H and O–H groups in total. The Morgan fingerprint density at radius 2 is 1.81 bits per heavy atom. The first-order valence-electron chi connectivity index (χ1n) is 10.7. The normalized spacial score (nSPS) is 17.7. The van der Waals surface area contributed by atoms with Crippen molar-refractivity contribution in [2.24, 2.45) is 0 Å². The Balaban J connectivity index is 1.20. The molecule has 0 radical (unpaired) electrons. The number of benzene rings is 2. The molecule has 1 atom stereocenters. The van der Waals surface area contributed by atoms with Gasteiger partial charge in [-0.1, -0.05) is 24.3 Å². The van der Waals surface area contributed by atoms with Gasteiger partial charge < -0.3 is 19.7 Å². The number of anilines is 1. The number of hydrogen-bond acceptors (Lipinski definition) is 5. The number of fused-ring (bicyclic) bond motifs is 1. The summed E-state index contributed by atoms with van der Waals surface area (Å²) in [5.74, 6) is -0.324. The summed E-state index contributed by atoms with van der Waals surface area (Å²) in [7, 11) is 0. The Hall–Kier alpha value is -3.35. The van der Waals surface area contributed by atoms with Crippen LogP contribution >= 0.6 is 0 Å². The van der Waals surface area contributed by atoms with Gasteiger partial charge in [-0.05, 0) is 61.1 Å². The van der Waals surface area contributed by atoms with Crippen molar-refractivity contribution < 1.29 is 23.9 Å². The number of hydrogen-bond donors (Lipinski definition) is 1. The van der Waals surface area contributed by atoms with Gasteiger partial charge in [-0.2, -0.15) is 0 Å². The van der Waals surface area contributed by atoms with Gasteiger partial charge in [0.05, 0.1) is 6.04 Å². The average Bonchev–Trinajstić information content (AvgIpc) is 3.23. The molecule has 0 bridgehead atoms. The standard InChI is InChI=1S/C24H26N2O5/c27-22(25-21-8-3-6-17-5-1-2-7-20(17)21)15-31-24(29)16-30-19-12-10-18(11-13-19)26-14-4-9-23(26)28/h1-2,5,7,10-13,21H,3-4,6,8-9,14-16H2,(H,25,27). The zero-order valence-corrected chi connectivity index (χ0v) is 17.3. The largest absolute Gasteiger partial charge is 0.482 e. The second-order valence-corrected chi connectivity index (χ2v) is 7.80. The fourth-order valence-corrected chi connectivity index (χ4v) is 4.11. The van der Waals surface area contributed by atoms with Crippen molar-refractivity contribution >= 4 is 23.5 Å².